The number of amides is 1. The summed E-state index contributed by atoms with van der Waals surface area (Å²) >= 11 is 0. The van der Waals surface area contributed by atoms with Gasteiger partial charge >= 0.3 is 0 Å². The van der Waals surface area contributed by atoms with Gasteiger partial charge in [-0.25, -0.2) is 8.78 Å². The van der Waals surface area contributed by atoms with Crippen molar-refractivity contribution in [3.63, 3.8) is 0 Å². The Bertz CT molecular complexity index is 575. The summed E-state index contributed by atoms with van der Waals surface area (Å²) in [6.45, 7) is 0.160. The van der Waals surface area contributed by atoms with Crippen LogP contribution in [0.4, 0.5) is 14.5 Å². The van der Waals surface area contributed by atoms with Gasteiger partial charge in [0.2, 0.25) is 5.91 Å². The van der Waals surface area contributed by atoms with E-state index in [1.54, 1.807) is 6.07 Å². The van der Waals surface area contributed by atoms with Crippen molar-refractivity contribution in [2.75, 3.05) is 11.4 Å². The van der Waals surface area contributed by atoms with Gasteiger partial charge < -0.3 is 4.90 Å². The second-order valence-corrected chi connectivity index (χ2v) is 4.56. The quantitative estimate of drug-likeness (QED) is 0.796. The Morgan fingerprint density at radius 1 is 1.40 bits per heavy atom. The van der Waals surface area contributed by atoms with Crippen LogP contribution in [0, 0.1) is 28.9 Å². The Morgan fingerprint density at radius 2 is 2.05 bits per heavy atom. The van der Waals surface area contributed by atoms with Gasteiger partial charge in [0.25, 0.3) is 0 Å². The zero-order chi connectivity index (χ0) is 14.7. The van der Waals surface area contributed by atoms with Gasteiger partial charge in [-0.3, -0.25) is 9.59 Å². The predicted molar refractivity (Wildman–Crippen MR) is 66.7 cm³/mol. The molecule has 1 aromatic carbocycles. The van der Waals surface area contributed by atoms with Crippen molar-refractivity contribution >= 4 is 17.4 Å². The third-order valence-electron chi connectivity index (χ3n) is 3.29. The molecule has 1 atom stereocenters. The molecule has 0 radical (unpaired) electrons. The molecule has 1 aromatic rings. The molecule has 20 heavy (non-hydrogen) atoms. The van der Waals surface area contributed by atoms with Gasteiger partial charge in [-0.1, -0.05) is 6.07 Å². The van der Waals surface area contributed by atoms with Gasteiger partial charge in [0.05, 0.1) is 18.4 Å². The fraction of sp³-hybridized carbons (Fsp3) is 0.357. The first-order valence-electron chi connectivity index (χ1n) is 6.21. The van der Waals surface area contributed by atoms with Gasteiger partial charge in [-0.05, 0) is 25.0 Å². The number of anilines is 1. The molecule has 4 nitrogen and oxygen atoms in total. The molecular weight excluding hydrogens is 266 g/mol. The molecule has 0 saturated carbocycles. The lowest BCUT2D eigenvalue weighted by Crippen LogP contribution is -2.45. The number of benzene rings is 1. The van der Waals surface area contributed by atoms with E-state index in [1.807, 2.05) is 0 Å². The van der Waals surface area contributed by atoms with Gasteiger partial charge in [0.15, 0.2) is 5.78 Å². The van der Waals surface area contributed by atoms with E-state index in [2.05, 4.69) is 0 Å². The highest BCUT2D eigenvalue weighted by molar-refractivity contribution is 6.09. The molecule has 0 aromatic heterocycles. The summed E-state index contributed by atoms with van der Waals surface area (Å²) in [6.07, 6.45) is 0.400. The summed E-state index contributed by atoms with van der Waals surface area (Å²) in [7, 11) is 0. The zero-order valence-electron chi connectivity index (χ0n) is 10.6. The van der Waals surface area contributed by atoms with E-state index in [9.17, 15) is 18.4 Å². The van der Waals surface area contributed by atoms with Crippen LogP contribution >= 0.6 is 0 Å². The van der Waals surface area contributed by atoms with E-state index in [0.29, 0.717) is 12.8 Å². The smallest absolute Gasteiger partial charge is 0.237 e. The van der Waals surface area contributed by atoms with Crippen LogP contribution in [0.15, 0.2) is 18.2 Å². The highest BCUT2D eigenvalue weighted by Gasteiger charge is 2.36. The first-order valence-corrected chi connectivity index (χ1v) is 6.21. The van der Waals surface area contributed by atoms with Crippen molar-refractivity contribution in [1.82, 2.24) is 0 Å². The molecule has 104 valence electrons. The number of hydrogen-bond donors (Lipinski definition) is 0. The molecule has 2 rings (SSSR count). The minimum atomic E-state index is -0.984. The van der Waals surface area contributed by atoms with Crippen LogP contribution in [-0.4, -0.2) is 18.2 Å². The first kappa shape index (κ1) is 14.1. The SMILES string of the molecule is N#CCC(=O)[C@H]1CCCN(c2c(F)cccc2F)C1=O. The van der Waals surface area contributed by atoms with Gasteiger partial charge in [0, 0.05) is 6.54 Å². The normalized spacial score (nSPS) is 18.8. The molecular formula is C14H12F2N2O2. The fourth-order valence-corrected chi connectivity index (χ4v) is 2.34. The maximum atomic E-state index is 13.7. The lowest BCUT2D eigenvalue weighted by atomic mass is 9.91. The van der Waals surface area contributed by atoms with Crippen LogP contribution in [0.3, 0.4) is 0 Å². The molecule has 0 unspecified atom stereocenters. The van der Waals surface area contributed by atoms with E-state index < -0.39 is 34.9 Å². The number of ketones is 1. The van der Waals surface area contributed by atoms with Crippen molar-refractivity contribution in [1.29, 1.82) is 5.26 Å². The van der Waals surface area contributed by atoms with Crippen molar-refractivity contribution in [2.45, 2.75) is 19.3 Å². The van der Waals surface area contributed by atoms with Crippen LogP contribution in [0.5, 0.6) is 0 Å². The summed E-state index contributed by atoms with van der Waals surface area (Å²) in [5, 5.41) is 8.51. The molecule has 0 aliphatic carbocycles. The number of nitrogens with zero attached hydrogens (tertiary/aromatic N) is 2. The predicted octanol–water partition coefficient (Wildman–Crippen LogP) is 2.19. The second-order valence-electron chi connectivity index (χ2n) is 4.56. The van der Waals surface area contributed by atoms with E-state index in [-0.39, 0.29) is 13.0 Å². The number of piperidine rings is 1. The number of carbonyl (C=O) groups is 2. The average molecular weight is 278 g/mol. The number of Topliss-reactive ketones (excluding diaryl/α,β-unsaturated/α-hetero) is 1. The van der Waals surface area contributed by atoms with Crippen LogP contribution in [0.2, 0.25) is 0 Å². The Morgan fingerprint density at radius 3 is 2.65 bits per heavy atom. The van der Waals surface area contributed by atoms with E-state index in [1.165, 1.54) is 6.07 Å². The van der Waals surface area contributed by atoms with Crippen LogP contribution < -0.4 is 4.90 Å². The molecule has 0 N–H and O–H groups in total. The monoisotopic (exact) mass is 278 g/mol. The Hall–Kier alpha value is -2.29. The molecule has 0 spiro atoms. The molecule has 1 aliphatic rings. The number of hydrogen-bond acceptors (Lipinski definition) is 3. The Labute approximate surface area is 114 Å². The molecule has 1 saturated heterocycles. The number of rotatable bonds is 3. The third-order valence-corrected chi connectivity index (χ3v) is 3.29. The average Bonchev–Trinajstić information content (AvgIpc) is 2.40. The lowest BCUT2D eigenvalue weighted by Gasteiger charge is -2.31. The van der Waals surface area contributed by atoms with E-state index in [4.69, 9.17) is 5.26 Å². The molecule has 1 amide bonds. The highest BCUT2D eigenvalue weighted by Crippen LogP contribution is 2.29. The molecule has 6 heteroatoms. The first-order chi connectivity index (χ1) is 9.56. The summed E-state index contributed by atoms with van der Waals surface area (Å²) < 4.78 is 27.4. The Kier molecular flexibility index (Phi) is 4.08. The summed E-state index contributed by atoms with van der Waals surface area (Å²) in [4.78, 5) is 24.9. The van der Waals surface area contributed by atoms with Gasteiger partial charge in [-0.15, -0.1) is 0 Å². The molecule has 1 heterocycles. The number of halogens is 2. The van der Waals surface area contributed by atoms with Gasteiger partial charge in [0.1, 0.15) is 17.3 Å². The van der Waals surface area contributed by atoms with Crippen molar-refractivity contribution < 1.29 is 18.4 Å². The van der Waals surface area contributed by atoms with Crippen molar-refractivity contribution in [3.05, 3.63) is 29.8 Å². The molecule has 1 fully saturated rings. The standard InChI is InChI=1S/C14H12F2N2O2/c15-10-4-1-5-11(16)13(10)18-8-2-3-9(14(18)20)12(19)6-7-17/h1,4-5,9H,2-3,6,8H2/t9-/m1/s1. The minimum absolute atomic E-state index is 0.160. The summed E-state index contributed by atoms with van der Waals surface area (Å²) in [6, 6.07) is 5.03. The maximum Gasteiger partial charge on any atom is 0.237 e. The molecule has 1 aliphatic heterocycles. The van der Waals surface area contributed by atoms with Crippen LogP contribution in [0.25, 0.3) is 0 Å². The van der Waals surface area contributed by atoms with Gasteiger partial charge in [-0.2, -0.15) is 5.26 Å². The van der Waals surface area contributed by atoms with E-state index in [0.717, 1.165) is 17.0 Å². The lowest BCUT2D eigenvalue weighted by molar-refractivity contribution is -0.133. The summed E-state index contributed by atoms with van der Waals surface area (Å²) in [5.41, 5.74) is -0.424. The fourth-order valence-electron chi connectivity index (χ4n) is 2.34. The minimum Gasteiger partial charge on any atom is -0.307 e. The van der Waals surface area contributed by atoms with E-state index >= 15 is 0 Å². The number of nitriles is 1. The summed E-state index contributed by atoms with van der Waals surface area (Å²) in [5.74, 6) is -3.81. The third kappa shape index (κ3) is 2.52. The number of para-hydroxylation sites is 1. The van der Waals surface area contributed by atoms with Crippen molar-refractivity contribution in [2.24, 2.45) is 5.92 Å². The largest absolute Gasteiger partial charge is 0.307 e. The maximum absolute atomic E-state index is 13.7. The Balaban J connectivity index is 2.32. The zero-order valence-corrected chi connectivity index (χ0v) is 10.6. The van der Waals surface area contributed by atoms with Crippen LogP contribution in [-0.2, 0) is 9.59 Å². The number of carbonyl (C=O) groups excluding carboxylic acids is 2. The second kappa shape index (κ2) is 5.78. The topological polar surface area (TPSA) is 61.2 Å². The molecule has 0 bridgehead atoms. The van der Waals surface area contributed by atoms with Crippen molar-refractivity contribution in [3.8, 4) is 6.07 Å². The van der Waals surface area contributed by atoms with Crippen LogP contribution in [0.1, 0.15) is 19.3 Å². The highest BCUT2D eigenvalue weighted by atomic mass is 19.1.